The van der Waals surface area contributed by atoms with Crippen molar-refractivity contribution in [3.63, 3.8) is 0 Å². The second-order valence-corrected chi connectivity index (χ2v) is 4.21. The van der Waals surface area contributed by atoms with Crippen molar-refractivity contribution >= 4 is 17.8 Å². The molecule has 0 aliphatic carbocycles. The zero-order valence-electron chi connectivity index (χ0n) is 11.7. The van der Waals surface area contributed by atoms with E-state index in [-0.39, 0.29) is 0 Å². The number of halogens is 3. The number of alkyl halides is 3. The maximum atomic E-state index is 11.4. The van der Waals surface area contributed by atoms with Crippen molar-refractivity contribution in [3.05, 3.63) is 35.9 Å². The number of rotatable bonds is 5. The van der Waals surface area contributed by atoms with E-state index < -0.39 is 36.6 Å². The summed E-state index contributed by atoms with van der Waals surface area (Å²) in [5, 5.41) is 17.7. The molecule has 0 heterocycles. The molecule has 1 aromatic carbocycles. The molecule has 0 spiro atoms. The quantitative estimate of drug-likeness (QED) is 0.615. The van der Waals surface area contributed by atoms with E-state index >= 15 is 0 Å². The lowest BCUT2D eigenvalue weighted by atomic mass is 10.1. The summed E-state index contributed by atoms with van der Waals surface area (Å²) in [5.74, 6) is -4.29. The van der Waals surface area contributed by atoms with Gasteiger partial charge in [0.2, 0.25) is 5.91 Å². The lowest BCUT2D eigenvalue weighted by molar-refractivity contribution is -0.192. The molecule has 1 aromatic rings. The number of carbonyl (C=O) groups excluding carboxylic acids is 1. The number of hydrogen-bond donors (Lipinski definition) is 4. The van der Waals surface area contributed by atoms with E-state index in [9.17, 15) is 22.8 Å². The first-order valence-corrected chi connectivity index (χ1v) is 6.13. The van der Waals surface area contributed by atoms with Gasteiger partial charge in [0, 0.05) is 0 Å². The summed E-state index contributed by atoms with van der Waals surface area (Å²) in [4.78, 5) is 30.5. The Morgan fingerprint density at radius 3 is 2.00 bits per heavy atom. The minimum Gasteiger partial charge on any atom is -0.480 e. The van der Waals surface area contributed by atoms with Crippen molar-refractivity contribution in [1.29, 1.82) is 0 Å². The highest BCUT2D eigenvalue weighted by atomic mass is 19.4. The highest BCUT2D eigenvalue weighted by molar-refractivity contribution is 5.85. The molecule has 23 heavy (non-hydrogen) atoms. The van der Waals surface area contributed by atoms with Gasteiger partial charge in [-0.3, -0.25) is 9.59 Å². The van der Waals surface area contributed by atoms with Crippen LogP contribution in [-0.2, 0) is 20.8 Å². The smallest absolute Gasteiger partial charge is 0.480 e. The zero-order valence-corrected chi connectivity index (χ0v) is 11.7. The number of carbonyl (C=O) groups is 3. The predicted molar refractivity (Wildman–Crippen MR) is 72.5 cm³/mol. The Morgan fingerprint density at radius 1 is 1.13 bits per heavy atom. The molecule has 1 amide bonds. The van der Waals surface area contributed by atoms with Gasteiger partial charge >= 0.3 is 18.1 Å². The van der Waals surface area contributed by atoms with Crippen LogP contribution in [0.25, 0.3) is 0 Å². The number of benzene rings is 1. The van der Waals surface area contributed by atoms with E-state index in [1.54, 1.807) is 0 Å². The van der Waals surface area contributed by atoms with E-state index in [0.29, 0.717) is 6.42 Å². The van der Waals surface area contributed by atoms with Crippen LogP contribution in [0.5, 0.6) is 0 Å². The molecule has 0 bridgehead atoms. The van der Waals surface area contributed by atoms with Gasteiger partial charge < -0.3 is 21.3 Å². The van der Waals surface area contributed by atoms with Crippen LogP contribution in [0.1, 0.15) is 5.56 Å². The van der Waals surface area contributed by atoms with Crippen LogP contribution in [0.15, 0.2) is 30.3 Å². The second kappa shape index (κ2) is 9.41. The van der Waals surface area contributed by atoms with Crippen molar-refractivity contribution in [2.75, 3.05) is 6.54 Å². The second-order valence-electron chi connectivity index (χ2n) is 4.21. The molecule has 5 N–H and O–H groups in total. The number of nitrogens with two attached hydrogens (primary N) is 1. The third kappa shape index (κ3) is 9.85. The molecular formula is C13H15F3N2O5. The summed E-state index contributed by atoms with van der Waals surface area (Å²) in [6.07, 6.45) is -4.69. The molecule has 0 aromatic heterocycles. The molecule has 1 atom stereocenters. The molecule has 0 aliphatic heterocycles. The summed E-state index contributed by atoms with van der Waals surface area (Å²) in [7, 11) is 0. The van der Waals surface area contributed by atoms with Crippen LogP contribution in [0.2, 0.25) is 0 Å². The van der Waals surface area contributed by atoms with Gasteiger partial charge in [-0.25, -0.2) is 4.79 Å². The number of nitrogens with one attached hydrogen (secondary N) is 1. The number of hydrogen-bond acceptors (Lipinski definition) is 4. The van der Waals surface area contributed by atoms with Crippen molar-refractivity contribution in [2.24, 2.45) is 5.73 Å². The maximum absolute atomic E-state index is 11.4. The van der Waals surface area contributed by atoms with E-state index in [1.165, 1.54) is 0 Å². The Balaban J connectivity index is 0.000000585. The molecule has 0 aliphatic rings. The summed E-state index contributed by atoms with van der Waals surface area (Å²) in [6, 6.07) is 8.60. The lowest BCUT2D eigenvalue weighted by Crippen LogP contribution is -2.43. The molecule has 1 rings (SSSR count). The standard InChI is InChI=1S/C11H14N2O3.C2HF3O2/c12-9(11(16)13-7-10(14)15)6-8-4-2-1-3-5-8;3-2(4,5)1(6)7/h1-5,9H,6-7,12H2,(H,13,16)(H,14,15);(H,6,7)/t9-;/m0./s1. The predicted octanol–water partition coefficient (Wildman–Crippen LogP) is 0.391. The Bertz CT molecular complexity index is 534. The van der Waals surface area contributed by atoms with Crippen molar-refractivity contribution in [1.82, 2.24) is 5.32 Å². The molecule has 0 saturated carbocycles. The first-order chi connectivity index (χ1) is 10.5. The lowest BCUT2D eigenvalue weighted by Gasteiger charge is -2.10. The van der Waals surface area contributed by atoms with E-state index in [2.05, 4.69) is 5.32 Å². The maximum Gasteiger partial charge on any atom is 0.490 e. The first-order valence-electron chi connectivity index (χ1n) is 6.13. The van der Waals surface area contributed by atoms with Gasteiger partial charge in [-0.1, -0.05) is 30.3 Å². The summed E-state index contributed by atoms with van der Waals surface area (Å²) in [5.41, 5.74) is 6.58. The third-order valence-corrected chi connectivity index (χ3v) is 2.29. The molecule has 128 valence electrons. The Labute approximate surface area is 128 Å². The van der Waals surface area contributed by atoms with E-state index in [0.717, 1.165) is 5.56 Å². The molecule has 0 unspecified atom stereocenters. The largest absolute Gasteiger partial charge is 0.490 e. The topological polar surface area (TPSA) is 130 Å². The number of carboxylic acid groups (broad SMARTS) is 2. The van der Waals surface area contributed by atoms with Gasteiger partial charge in [0.15, 0.2) is 0 Å². The Kier molecular flexibility index (Phi) is 8.34. The number of carboxylic acids is 2. The number of aliphatic carboxylic acids is 2. The molecular weight excluding hydrogens is 321 g/mol. The first kappa shape index (κ1) is 20.4. The molecule has 0 radical (unpaired) electrons. The fraction of sp³-hybridized carbons (Fsp3) is 0.308. The SMILES string of the molecule is N[C@@H](Cc1ccccc1)C(=O)NCC(=O)O.O=C(O)C(F)(F)F. The fourth-order valence-corrected chi connectivity index (χ4v) is 1.25. The van der Waals surface area contributed by atoms with Gasteiger partial charge in [0.25, 0.3) is 0 Å². The molecule has 7 nitrogen and oxygen atoms in total. The van der Waals surface area contributed by atoms with Crippen LogP contribution in [0.4, 0.5) is 13.2 Å². The average Bonchev–Trinajstić information content (AvgIpc) is 2.45. The van der Waals surface area contributed by atoms with Crippen LogP contribution in [0.3, 0.4) is 0 Å². The van der Waals surface area contributed by atoms with Gasteiger partial charge in [-0.05, 0) is 12.0 Å². The van der Waals surface area contributed by atoms with E-state index in [1.807, 2.05) is 30.3 Å². The highest BCUT2D eigenvalue weighted by Gasteiger charge is 2.38. The van der Waals surface area contributed by atoms with Crippen LogP contribution < -0.4 is 11.1 Å². The van der Waals surface area contributed by atoms with Crippen LogP contribution in [-0.4, -0.2) is 46.8 Å². The minimum atomic E-state index is -5.08. The van der Waals surface area contributed by atoms with Gasteiger partial charge in [0.1, 0.15) is 6.54 Å². The Hall–Kier alpha value is -2.62. The monoisotopic (exact) mass is 336 g/mol. The Morgan fingerprint density at radius 2 is 1.61 bits per heavy atom. The van der Waals surface area contributed by atoms with E-state index in [4.69, 9.17) is 20.7 Å². The molecule has 0 saturated heterocycles. The fourth-order valence-electron chi connectivity index (χ4n) is 1.25. The van der Waals surface area contributed by atoms with Crippen LogP contribution in [0, 0.1) is 0 Å². The van der Waals surface area contributed by atoms with Crippen LogP contribution >= 0.6 is 0 Å². The number of amides is 1. The van der Waals surface area contributed by atoms with Crippen molar-refractivity contribution in [2.45, 2.75) is 18.6 Å². The summed E-state index contributed by atoms with van der Waals surface area (Å²) < 4.78 is 31.7. The average molecular weight is 336 g/mol. The molecule has 10 heteroatoms. The third-order valence-electron chi connectivity index (χ3n) is 2.29. The normalized spacial score (nSPS) is 11.7. The van der Waals surface area contributed by atoms with Gasteiger partial charge in [0.05, 0.1) is 6.04 Å². The minimum absolute atomic E-state index is 0.395. The van der Waals surface area contributed by atoms with Crippen molar-refractivity contribution in [3.8, 4) is 0 Å². The summed E-state index contributed by atoms with van der Waals surface area (Å²) in [6.45, 7) is -0.401. The highest BCUT2D eigenvalue weighted by Crippen LogP contribution is 2.13. The summed E-state index contributed by atoms with van der Waals surface area (Å²) >= 11 is 0. The zero-order chi connectivity index (χ0) is 18.0. The van der Waals surface area contributed by atoms with Gasteiger partial charge in [-0.15, -0.1) is 0 Å². The molecule has 0 fully saturated rings. The van der Waals surface area contributed by atoms with Gasteiger partial charge in [-0.2, -0.15) is 13.2 Å². The van der Waals surface area contributed by atoms with Crippen molar-refractivity contribution < 1.29 is 37.8 Å².